The SMILES string of the molecule is CN=CN(C)c1cccc(Cl)c1C. The number of nitrogens with zero attached hydrogens (tertiary/aromatic N) is 2. The minimum Gasteiger partial charge on any atom is -0.336 e. The van der Waals surface area contributed by atoms with Crippen molar-refractivity contribution in [3.63, 3.8) is 0 Å². The zero-order chi connectivity index (χ0) is 9.84. The van der Waals surface area contributed by atoms with Crippen molar-refractivity contribution < 1.29 is 0 Å². The van der Waals surface area contributed by atoms with E-state index in [1.54, 1.807) is 13.4 Å². The van der Waals surface area contributed by atoms with Gasteiger partial charge in [0.15, 0.2) is 0 Å². The Morgan fingerprint density at radius 1 is 1.46 bits per heavy atom. The van der Waals surface area contributed by atoms with E-state index in [2.05, 4.69) is 4.99 Å². The van der Waals surface area contributed by atoms with Gasteiger partial charge in [-0.15, -0.1) is 0 Å². The van der Waals surface area contributed by atoms with Crippen molar-refractivity contribution in [2.24, 2.45) is 4.99 Å². The summed E-state index contributed by atoms with van der Waals surface area (Å²) in [6, 6.07) is 5.84. The lowest BCUT2D eigenvalue weighted by Gasteiger charge is -2.16. The van der Waals surface area contributed by atoms with Crippen LogP contribution >= 0.6 is 11.6 Å². The zero-order valence-electron chi connectivity index (χ0n) is 8.08. The monoisotopic (exact) mass is 196 g/mol. The van der Waals surface area contributed by atoms with Crippen molar-refractivity contribution in [2.75, 3.05) is 19.0 Å². The van der Waals surface area contributed by atoms with E-state index in [9.17, 15) is 0 Å². The molecule has 13 heavy (non-hydrogen) atoms. The first kappa shape index (κ1) is 10.1. The summed E-state index contributed by atoms with van der Waals surface area (Å²) >= 11 is 5.99. The third-order valence-electron chi connectivity index (χ3n) is 1.91. The number of benzene rings is 1. The zero-order valence-corrected chi connectivity index (χ0v) is 8.84. The van der Waals surface area contributed by atoms with Gasteiger partial charge in [0.1, 0.15) is 0 Å². The van der Waals surface area contributed by atoms with Crippen LogP contribution < -0.4 is 4.90 Å². The van der Waals surface area contributed by atoms with Crippen LogP contribution in [0.25, 0.3) is 0 Å². The van der Waals surface area contributed by atoms with E-state index in [-0.39, 0.29) is 0 Å². The highest BCUT2D eigenvalue weighted by molar-refractivity contribution is 6.31. The maximum atomic E-state index is 5.99. The van der Waals surface area contributed by atoms with E-state index in [0.29, 0.717) is 0 Å². The van der Waals surface area contributed by atoms with E-state index < -0.39 is 0 Å². The van der Waals surface area contributed by atoms with Gasteiger partial charge in [-0.3, -0.25) is 4.99 Å². The molecule has 0 amide bonds. The van der Waals surface area contributed by atoms with Crippen LogP contribution in [-0.2, 0) is 0 Å². The number of rotatable bonds is 2. The number of aliphatic imine (C=N–C) groups is 1. The molecule has 0 heterocycles. The molecule has 0 aliphatic carbocycles. The van der Waals surface area contributed by atoms with E-state index in [0.717, 1.165) is 16.3 Å². The van der Waals surface area contributed by atoms with Crippen LogP contribution in [0.3, 0.4) is 0 Å². The lowest BCUT2D eigenvalue weighted by Crippen LogP contribution is -2.15. The van der Waals surface area contributed by atoms with Gasteiger partial charge in [0, 0.05) is 24.8 Å². The molecule has 1 aromatic carbocycles. The van der Waals surface area contributed by atoms with Crippen molar-refractivity contribution >= 4 is 23.6 Å². The first-order valence-electron chi connectivity index (χ1n) is 4.07. The van der Waals surface area contributed by atoms with Gasteiger partial charge in [-0.2, -0.15) is 0 Å². The normalized spacial score (nSPS) is 10.8. The van der Waals surface area contributed by atoms with Gasteiger partial charge in [-0.25, -0.2) is 0 Å². The Hall–Kier alpha value is -1.02. The fraction of sp³-hybridized carbons (Fsp3) is 0.300. The molecule has 1 aromatic rings. The van der Waals surface area contributed by atoms with E-state index in [4.69, 9.17) is 11.6 Å². The molecule has 3 heteroatoms. The average molecular weight is 197 g/mol. The molecule has 0 saturated carbocycles. The van der Waals surface area contributed by atoms with Crippen LogP contribution in [0.4, 0.5) is 5.69 Å². The minimum absolute atomic E-state index is 0.786. The van der Waals surface area contributed by atoms with Crippen LogP contribution in [0.1, 0.15) is 5.56 Å². The molecule has 0 aliphatic heterocycles. The summed E-state index contributed by atoms with van der Waals surface area (Å²) < 4.78 is 0. The van der Waals surface area contributed by atoms with Gasteiger partial charge in [-0.05, 0) is 24.6 Å². The minimum atomic E-state index is 0.786. The fourth-order valence-electron chi connectivity index (χ4n) is 1.21. The molecular formula is C10H13ClN2. The van der Waals surface area contributed by atoms with Gasteiger partial charge >= 0.3 is 0 Å². The first-order chi connectivity index (χ1) is 6.16. The number of hydrogen-bond donors (Lipinski definition) is 0. The molecule has 1 rings (SSSR count). The van der Waals surface area contributed by atoms with Crippen molar-refractivity contribution in [3.8, 4) is 0 Å². The standard InChI is InChI=1S/C10H13ClN2/c1-8-9(11)5-4-6-10(8)13(3)7-12-2/h4-7H,1-3H3. The second kappa shape index (κ2) is 4.28. The highest BCUT2D eigenvalue weighted by Crippen LogP contribution is 2.24. The summed E-state index contributed by atoms with van der Waals surface area (Å²) in [5.74, 6) is 0. The van der Waals surface area contributed by atoms with Gasteiger partial charge in [0.2, 0.25) is 0 Å². The van der Waals surface area contributed by atoms with Gasteiger partial charge < -0.3 is 4.90 Å². The molecule has 0 radical (unpaired) electrons. The summed E-state index contributed by atoms with van der Waals surface area (Å²) in [6.45, 7) is 2.00. The van der Waals surface area contributed by atoms with Gasteiger partial charge in [0.05, 0.1) is 6.34 Å². The molecule has 0 saturated heterocycles. The molecule has 0 N–H and O–H groups in total. The third-order valence-corrected chi connectivity index (χ3v) is 2.32. The van der Waals surface area contributed by atoms with Gasteiger partial charge in [-0.1, -0.05) is 17.7 Å². The summed E-state index contributed by atoms with van der Waals surface area (Å²) in [6.07, 6.45) is 1.76. The molecular weight excluding hydrogens is 184 g/mol. The number of halogens is 1. The largest absolute Gasteiger partial charge is 0.336 e. The maximum Gasteiger partial charge on any atom is 0.0888 e. The van der Waals surface area contributed by atoms with Crippen molar-refractivity contribution in [2.45, 2.75) is 6.92 Å². The number of anilines is 1. The lowest BCUT2D eigenvalue weighted by molar-refractivity contribution is 1.24. The molecule has 70 valence electrons. The van der Waals surface area contributed by atoms with Crippen molar-refractivity contribution in [1.82, 2.24) is 0 Å². The van der Waals surface area contributed by atoms with Crippen LogP contribution in [0.15, 0.2) is 23.2 Å². The predicted molar refractivity (Wildman–Crippen MR) is 59.0 cm³/mol. The van der Waals surface area contributed by atoms with E-state index in [1.165, 1.54) is 0 Å². The van der Waals surface area contributed by atoms with Crippen LogP contribution in [-0.4, -0.2) is 20.4 Å². The molecule has 0 atom stereocenters. The Bertz CT molecular complexity index is 321. The summed E-state index contributed by atoms with van der Waals surface area (Å²) in [5, 5.41) is 0.786. The number of hydrogen-bond acceptors (Lipinski definition) is 1. The Labute approximate surface area is 83.8 Å². The smallest absolute Gasteiger partial charge is 0.0888 e. The van der Waals surface area contributed by atoms with Crippen LogP contribution in [0.2, 0.25) is 5.02 Å². The average Bonchev–Trinajstić information content (AvgIpc) is 2.10. The van der Waals surface area contributed by atoms with Gasteiger partial charge in [0.25, 0.3) is 0 Å². The van der Waals surface area contributed by atoms with E-state index >= 15 is 0 Å². The molecule has 0 fully saturated rings. The summed E-state index contributed by atoms with van der Waals surface area (Å²) in [4.78, 5) is 5.89. The lowest BCUT2D eigenvalue weighted by atomic mass is 10.2. The quantitative estimate of drug-likeness (QED) is 0.525. The molecule has 0 unspecified atom stereocenters. The fourth-order valence-corrected chi connectivity index (χ4v) is 1.38. The maximum absolute atomic E-state index is 5.99. The molecule has 0 bridgehead atoms. The molecule has 0 aliphatic rings. The summed E-state index contributed by atoms with van der Waals surface area (Å²) in [5.41, 5.74) is 2.16. The Balaban J connectivity index is 3.07. The predicted octanol–water partition coefficient (Wildman–Crippen LogP) is 2.74. The second-order valence-electron chi connectivity index (χ2n) is 2.87. The van der Waals surface area contributed by atoms with Crippen molar-refractivity contribution in [3.05, 3.63) is 28.8 Å². The Morgan fingerprint density at radius 2 is 2.15 bits per heavy atom. The summed E-state index contributed by atoms with van der Waals surface area (Å²) in [7, 11) is 3.70. The molecule has 0 spiro atoms. The van der Waals surface area contributed by atoms with Crippen LogP contribution in [0.5, 0.6) is 0 Å². The Kier molecular flexibility index (Phi) is 3.32. The van der Waals surface area contributed by atoms with E-state index in [1.807, 2.05) is 37.1 Å². The topological polar surface area (TPSA) is 15.6 Å². The second-order valence-corrected chi connectivity index (χ2v) is 3.28. The first-order valence-corrected chi connectivity index (χ1v) is 4.45. The third kappa shape index (κ3) is 2.22. The highest BCUT2D eigenvalue weighted by Gasteiger charge is 2.03. The van der Waals surface area contributed by atoms with Crippen LogP contribution in [0, 0.1) is 6.92 Å². The molecule has 2 nitrogen and oxygen atoms in total. The molecule has 0 aromatic heterocycles. The van der Waals surface area contributed by atoms with Crippen molar-refractivity contribution in [1.29, 1.82) is 0 Å². The highest BCUT2D eigenvalue weighted by atomic mass is 35.5. The Morgan fingerprint density at radius 3 is 2.77 bits per heavy atom.